The lowest BCUT2D eigenvalue weighted by molar-refractivity contribution is -0.171. The van der Waals surface area contributed by atoms with Gasteiger partial charge in [0.25, 0.3) is 5.56 Å². The van der Waals surface area contributed by atoms with E-state index >= 15 is 0 Å². The molecule has 49 heavy (non-hydrogen) atoms. The summed E-state index contributed by atoms with van der Waals surface area (Å²) in [6.45, 7) is 0.696. The number of H-pyrrole nitrogens is 1. The molecule has 1 aliphatic rings. The van der Waals surface area contributed by atoms with Crippen molar-refractivity contribution in [1.29, 1.82) is 0 Å². The van der Waals surface area contributed by atoms with Crippen LogP contribution in [0.5, 0.6) is 11.5 Å². The Morgan fingerprint density at radius 3 is 1.98 bits per heavy atom. The van der Waals surface area contributed by atoms with Crippen molar-refractivity contribution >= 4 is 11.8 Å². The second-order valence-electron chi connectivity index (χ2n) is 11.5. The van der Waals surface area contributed by atoms with Gasteiger partial charge in [-0.15, -0.1) is 0 Å². The summed E-state index contributed by atoms with van der Waals surface area (Å²) in [6.07, 6.45) is -6.34. The van der Waals surface area contributed by atoms with Crippen LogP contribution >= 0.6 is 0 Å². The second-order valence-corrected chi connectivity index (χ2v) is 11.5. The number of benzene rings is 3. The molecule has 1 fully saturated rings. The highest BCUT2D eigenvalue weighted by Crippen LogP contribution is 2.47. The van der Waals surface area contributed by atoms with Crippen LogP contribution in [0, 0.1) is 0 Å². The van der Waals surface area contributed by atoms with Crippen molar-refractivity contribution in [2.24, 2.45) is 0 Å². The molecule has 0 saturated carbocycles. The van der Waals surface area contributed by atoms with Gasteiger partial charge in [0.05, 0.1) is 26.1 Å². The highest BCUT2D eigenvalue weighted by Gasteiger charge is 2.56. The number of Topliss-reactive ketones (excluding diaryl/α,β-unsaturated/α-hetero) is 1. The Morgan fingerprint density at radius 2 is 1.45 bits per heavy atom. The molecule has 0 amide bonds. The van der Waals surface area contributed by atoms with Crippen molar-refractivity contribution in [3.8, 4) is 11.5 Å². The normalized spacial score (nSPS) is 19.6. The van der Waals surface area contributed by atoms with Gasteiger partial charge in [0.15, 0.2) is 13.0 Å². The van der Waals surface area contributed by atoms with Gasteiger partial charge in [-0.1, -0.05) is 54.6 Å². The van der Waals surface area contributed by atoms with Crippen LogP contribution in [-0.4, -0.2) is 76.9 Å². The summed E-state index contributed by atoms with van der Waals surface area (Å²) in [5, 5.41) is 24.6. The molecular formula is C36H38N2O11. The first-order valence-electron chi connectivity index (χ1n) is 15.5. The van der Waals surface area contributed by atoms with Gasteiger partial charge in [-0.05, 0) is 47.9 Å². The van der Waals surface area contributed by atoms with Crippen molar-refractivity contribution in [3.05, 3.63) is 129 Å². The molecule has 1 saturated heterocycles. The molecule has 3 aromatic carbocycles. The van der Waals surface area contributed by atoms with Crippen LogP contribution in [0.1, 0.15) is 42.7 Å². The van der Waals surface area contributed by atoms with Crippen LogP contribution in [0.2, 0.25) is 0 Å². The molecule has 1 unspecified atom stereocenters. The number of aromatic nitrogens is 2. The van der Waals surface area contributed by atoms with Crippen molar-refractivity contribution in [2.75, 3.05) is 21.0 Å². The third kappa shape index (κ3) is 7.34. The third-order valence-electron chi connectivity index (χ3n) is 8.61. The number of hydrogen-bond donors (Lipinski definition) is 3. The first kappa shape index (κ1) is 35.2. The smallest absolute Gasteiger partial charge is 0.330 e. The number of methoxy groups -OCH3 is 2. The number of esters is 1. The van der Waals surface area contributed by atoms with Crippen LogP contribution in [0.4, 0.5) is 0 Å². The van der Waals surface area contributed by atoms with E-state index in [9.17, 15) is 29.4 Å². The fourth-order valence-corrected chi connectivity index (χ4v) is 6.16. The molecule has 2 heterocycles. The molecule has 0 bridgehead atoms. The van der Waals surface area contributed by atoms with Gasteiger partial charge >= 0.3 is 11.7 Å². The molecule has 13 nitrogen and oxygen atoms in total. The second kappa shape index (κ2) is 15.4. The highest BCUT2D eigenvalue weighted by atomic mass is 16.7. The maximum absolute atomic E-state index is 13.0. The van der Waals surface area contributed by atoms with Gasteiger partial charge in [-0.3, -0.25) is 19.1 Å². The number of rotatable bonds is 14. The van der Waals surface area contributed by atoms with Gasteiger partial charge in [0.2, 0.25) is 0 Å². The SMILES string of the molecule is COc1ccc(C(c2ccccc2)(c2ccc(OC)cc2)C(O)[C@H]2O[C@@H](n3ccc(=O)[nH]c3=O)[C@H](OCOC(=O)CCC(C)=O)[C@@H]2O)cc1. The molecule has 4 aromatic rings. The Hall–Kier alpha value is -5.08. The van der Waals surface area contributed by atoms with E-state index < -0.39 is 60.1 Å². The Morgan fingerprint density at radius 1 is 0.878 bits per heavy atom. The number of nitrogens with one attached hydrogen (secondary N) is 1. The third-order valence-corrected chi connectivity index (χ3v) is 8.61. The zero-order valence-electron chi connectivity index (χ0n) is 27.2. The van der Waals surface area contributed by atoms with Crippen LogP contribution in [-0.2, 0) is 29.2 Å². The number of carbonyl (C=O) groups excluding carboxylic acids is 2. The van der Waals surface area contributed by atoms with Crippen molar-refractivity contribution in [2.45, 2.75) is 55.8 Å². The maximum Gasteiger partial charge on any atom is 0.330 e. The fraction of sp³-hybridized carbons (Fsp3) is 0.333. The minimum atomic E-state index is -1.60. The van der Waals surface area contributed by atoms with E-state index in [1.807, 2.05) is 30.3 Å². The molecule has 5 rings (SSSR count). The number of aliphatic hydroxyl groups is 2. The van der Waals surface area contributed by atoms with E-state index in [0.717, 1.165) is 10.6 Å². The molecule has 1 aromatic heterocycles. The molecule has 5 atom stereocenters. The summed E-state index contributed by atoms with van der Waals surface area (Å²) in [6, 6.07) is 24.5. The number of ether oxygens (including phenoxy) is 5. The molecule has 0 spiro atoms. The van der Waals surface area contributed by atoms with Gasteiger partial charge in [-0.2, -0.15) is 0 Å². The molecule has 3 N–H and O–H groups in total. The molecule has 1 aliphatic heterocycles. The molecule has 0 radical (unpaired) electrons. The first-order valence-corrected chi connectivity index (χ1v) is 15.5. The summed E-state index contributed by atoms with van der Waals surface area (Å²) in [5.74, 6) is 0.259. The van der Waals surface area contributed by atoms with E-state index in [4.69, 9.17) is 23.7 Å². The fourth-order valence-electron chi connectivity index (χ4n) is 6.16. The summed E-state index contributed by atoms with van der Waals surface area (Å²) in [7, 11) is 3.08. The Kier molecular flexibility index (Phi) is 11.1. The minimum absolute atomic E-state index is 0.0179. The maximum atomic E-state index is 13.0. The molecule has 258 valence electrons. The van der Waals surface area contributed by atoms with Gasteiger partial charge < -0.3 is 38.7 Å². The standard InChI is InChI=1S/C36H38N2O11/c1-22(39)9-18-29(41)47-21-48-32-30(42)31(49-34(32)38-20-19-28(40)37-35(38)44)33(43)36(23-7-5-4-6-8-23,24-10-14-26(45-2)15-11-24)25-12-16-27(46-3)17-13-25/h4-8,10-17,19-20,30-34,42-43H,9,18,21H2,1-3H3,(H,37,40,44)/t30-,31+,32-,33?,34-/m1/s1. The summed E-state index contributed by atoms with van der Waals surface area (Å²) < 4.78 is 29.1. The number of ketones is 1. The van der Waals surface area contributed by atoms with Gasteiger partial charge in [0.1, 0.15) is 41.7 Å². The Balaban J connectivity index is 1.62. The zero-order chi connectivity index (χ0) is 35.1. The van der Waals surface area contributed by atoms with E-state index in [1.54, 1.807) is 62.8 Å². The molecule has 0 aliphatic carbocycles. The van der Waals surface area contributed by atoms with Crippen LogP contribution in [0.15, 0.2) is 101 Å². The minimum Gasteiger partial charge on any atom is -0.497 e. The van der Waals surface area contributed by atoms with E-state index in [0.29, 0.717) is 28.2 Å². The number of carbonyl (C=O) groups is 2. The summed E-state index contributed by atoms with van der Waals surface area (Å²) in [4.78, 5) is 50.5. The first-order chi connectivity index (χ1) is 23.6. The van der Waals surface area contributed by atoms with Gasteiger partial charge in [0, 0.05) is 18.7 Å². The number of hydrogen-bond acceptors (Lipinski definition) is 11. The van der Waals surface area contributed by atoms with E-state index in [2.05, 4.69) is 4.98 Å². The van der Waals surface area contributed by atoms with Crippen LogP contribution in [0.25, 0.3) is 0 Å². The van der Waals surface area contributed by atoms with Crippen LogP contribution < -0.4 is 20.7 Å². The van der Waals surface area contributed by atoms with Crippen LogP contribution in [0.3, 0.4) is 0 Å². The Labute approximate surface area is 281 Å². The van der Waals surface area contributed by atoms with Crippen molar-refractivity contribution in [1.82, 2.24) is 9.55 Å². The lowest BCUT2D eigenvalue weighted by Crippen LogP contribution is -2.52. The number of aliphatic hydroxyl groups excluding tert-OH is 2. The van der Waals surface area contributed by atoms with E-state index in [-0.39, 0.29) is 18.6 Å². The average molecular weight is 675 g/mol. The predicted octanol–water partition coefficient (Wildman–Crippen LogP) is 2.46. The quantitative estimate of drug-likeness (QED) is 0.102. The number of aromatic amines is 1. The summed E-state index contributed by atoms with van der Waals surface area (Å²) in [5.41, 5.74) is -1.03. The molecular weight excluding hydrogens is 636 g/mol. The summed E-state index contributed by atoms with van der Waals surface area (Å²) >= 11 is 0. The average Bonchev–Trinajstić information content (AvgIpc) is 3.43. The molecule has 13 heteroatoms. The monoisotopic (exact) mass is 674 g/mol. The zero-order valence-corrected chi connectivity index (χ0v) is 27.2. The largest absolute Gasteiger partial charge is 0.497 e. The van der Waals surface area contributed by atoms with Gasteiger partial charge in [-0.25, -0.2) is 4.79 Å². The topological polar surface area (TPSA) is 176 Å². The lowest BCUT2D eigenvalue weighted by Gasteiger charge is -2.43. The Bertz CT molecular complexity index is 1790. The van der Waals surface area contributed by atoms with Crippen molar-refractivity contribution in [3.63, 3.8) is 0 Å². The van der Waals surface area contributed by atoms with E-state index in [1.165, 1.54) is 13.1 Å². The lowest BCUT2D eigenvalue weighted by atomic mass is 9.64. The van der Waals surface area contributed by atoms with Crippen molar-refractivity contribution < 1.29 is 43.5 Å². The highest BCUT2D eigenvalue weighted by molar-refractivity contribution is 5.80. The predicted molar refractivity (Wildman–Crippen MR) is 175 cm³/mol. The number of nitrogens with zero attached hydrogens (tertiary/aromatic N) is 1.